The van der Waals surface area contributed by atoms with E-state index < -0.39 is 12.2 Å². The molecule has 0 spiro atoms. The zero-order chi connectivity index (χ0) is 13.9. The number of rotatable bonds is 4. The minimum absolute atomic E-state index is 0.0346. The molecule has 2 nitrogen and oxygen atoms in total. The Kier molecular flexibility index (Phi) is 3.95. The smallest absolute Gasteiger partial charge is 0.407 e. The van der Waals surface area contributed by atoms with Gasteiger partial charge in [-0.25, -0.2) is 0 Å². The summed E-state index contributed by atoms with van der Waals surface area (Å²) in [7, 11) is 0. The molecule has 0 aliphatic carbocycles. The second kappa shape index (κ2) is 5.48. The molecule has 2 rings (SSSR count). The molecule has 1 N–H and O–H groups in total. The number of alkyl halides is 3. The Morgan fingerprint density at radius 3 is 2.32 bits per heavy atom. The first-order chi connectivity index (χ1) is 8.97. The van der Waals surface area contributed by atoms with Gasteiger partial charge in [0.05, 0.1) is 6.54 Å². The fourth-order valence-corrected chi connectivity index (χ4v) is 1.85. The minimum atomic E-state index is -4.34. The van der Waals surface area contributed by atoms with Gasteiger partial charge in [0, 0.05) is 0 Å². The largest absolute Gasteiger partial charge is 0.465 e. The standard InChI is InChI=1S/C14H14F3NO/c1-10-7-8-12(19-10)9-18-13(14(15,16)17)11-5-3-2-4-6-11/h2-8,13,18H,9H2,1H3. The van der Waals surface area contributed by atoms with Crippen molar-refractivity contribution >= 4 is 0 Å². The molecule has 0 aliphatic rings. The van der Waals surface area contributed by atoms with E-state index in [-0.39, 0.29) is 12.1 Å². The maximum Gasteiger partial charge on any atom is 0.407 e. The van der Waals surface area contributed by atoms with Crippen molar-refractivity contribution in [2.24, 2.45) is 0 Å². The highest BCUT2D eigenvalue weighted by atomic mass is 19.4. The summed E-state index contributed by atoms with van der Waals surface area (Å²) < 4.78 is 44.3. The van der Waals surface area contributed by atoms with E-state index in [9.17, 15) is 13.2 Å². The second-order valence-electron chi connectivity index (χ2n) is 4.28. The predicted molar refractivity (Wildman–Crippen MR) is 65.5 cm³/mol. The average Bonchev–Trinajstić information content (AvgIpc) is 2.75. The van der Waals surface area contributed by atoms with Crippen LogP contribution < -0.4 is 5.32 Å². The number of nitrogens with one attached hydrogen (secondary N) is 1. The van der Waals surface area contributed by atoms with Gasteiger partial charge in [0.15, 0.2) is 0 Å². The Labute approximate surface area is 109 Å². The number of halogens is 3. The van der Waals surface area contributed by atoms with Crippen LogP contribution in [0.1, 0.15) is 23.1 Å². The third kappa shape index (κ3) is 3.61. The van der Waals surface area contributed by atoms with E-state index in [2.05, 4.69) is 5.32 Å². The van der Waals surface area contributed by atoms with Gasteiger partial charge in [-0.1, -0.05) is 30.3 Å². The lowest BCUT2D eigenvalue weighted by Gasteiger charge is -2.21. The van der Waals surface area contributed by atoms with E-state index in [4.69, 9.17) is 4.42 Å². The van der Waals surface area contributed by atoms with Crippen molar-refractivity contribution in [1.29, 1.82) is 0 Å². The zero-order valence-electron chi connectivity index (χ0n) is 10.4. The van der Waals surface area contributed by atoms with Gasteiger partial charge in [-0.05, 0) is 24.6 Å². The van der Waals surface area contributed by atoms with Crippen molar-refractivity contribution in [3.63, 3.8) is 0 Å². The fraction of sp³-hybridized carbons (Fsp3) is 0.286. The van der Waals surface area contributed by atoms with Crippen molar-refractivity contribution in [2.45, 2.75) is 25.7 Å². The molecule has 0 saturated carbocycles. The summed E-state index contributed by atoms with van der Waals surface area (Å²) in [6.45, 7) is 1.79. The Balaban J connectivity index is 2.11. The molecule has 0 radical (unpaired) electrons. The molecular formula is C14H14F3NO. The molecule has 1 unspecified atom stereocenters. The van der Waals surface area contributed by atoms with E-state index in [1.54, 1.807) is 37.3 Å². The van der Waals surface area contributed by atoms with E-state index >= 15 is 0 Å². The van der Waals surface area contributed by atoms with E-state index in [1.807, 2.05) is 0 Å². The maximum absolute atomic E-state index is 13.0. The SMILES string of the molecule is Cc1ccc(CNC(c2ccccc2)C(F)(F)F)o1. The van der Waals surface area contributed by atoms with E-state index in [1.165, 1.54) is 12.1 Å². The van der Waals surface area contributed by atoms with Gasteiger partial charge < -0.3 is 4.42 Å². The fourth-order valence-electron chi connectivity index (χ4n) is 1.85. The normalized spacial score (nSPS) is 13.5. The predicted octanol–water partition coefficient (Wildman–Crippen LogP) is 3.98. The number of benzene rings is 1. The van der Waals surface area contributed by atoms with Crippen molar-refractivity contribution in [2.75, 3.05) is 0 Å². The van der Waals surface area contributed by atoms with Gasteiger partial charge in [-0.15, -0.1) is 0 Å². The van der Waals surface area contributed by atoms with Crippen molar-refractivity contribution < 1.29 is 17.6 Å². The Bertz CT molecular complexity index is 519. The van der Waals surface area contributed by atoms with Crippen LogP contribution in [-0.4, -0.2) is 6.18 Å². The molecule has 0 saturated heterocycles. The molecule has 102 valence electrons. The summed E-state index contributed by atoms with van der Waals surface area (Å²) >= 11 is 0. The van der Waals surface area contributed by atoms with Gasteiger partial charge >= 0.3 is 6.18 Å². The molecule has 19 heavy (non-hydrogen) atoms. The van der Waals surface area contributed by atoms with Gasteiger partial charge in [0.2, 0.25) is 0 Å². The minimum Gasteiger partial charge on any atom is -0.465 e. The van der Waals surface area contributed by atoms with Crippen LogP contribution in [0.3, 0.4) is 0 Å². The number of furan rings is 1. The monoisotopic (exact) mass is 269 g/mol. The van der Waals surface area contributed by atoms with Gasteiger partial charge in [-0.3, -0.25) is 5.32 Å². The Hall–Kier alpha value is -1.75. The summed E-state index contributed by atoms with van der Waals surface area (Å²) in [6.07, 6.45) is -4.34. The molecule has 1 aromatic carbocycles. The number of aryl methyl sites for hydroxylation is 1. The molecule has 0 amide bonds. The highest BCUT2D eigenvalue weighted by molar-refractivity contribution is 5.20. The van der Waals surface area contributed by atoms with Crippen LogP contribution >= 0.6 is 0 Å². The van der Waals surface area contributed by atoms with Crippen LogP contribution in [0.2, 0.25) is 0 Å². The quantitative estimate of drug-likeness (QED) is 0.908. The van der Waals surface area contributed by atoms with Crippen LogP contribution in [-0.2, 0) is 6.54 Å². The van der Waals surface area contributed by atoms with Crippen LogP contribution in [0, 0.1) is 6.92 Å². The van der Waals surface area contributed by atoms with Crippen LogP contribution in [0.4, 0.5) is 13.2 Å². The summed E-state index contributed by atoms with van der Waals surface area (Å²) in [5.41, 5.74) is 0.193. The molecule has 0 aliphatic heterocycles. The first-order valence-corrected chi connectivity index (χ1v) is 5.87. The zero-order valence-corrected chi connectivity index (χ0v) is 10.4. The van der Waals surface area contributed by atoms with Crippen molar-refractivity contribution in [1.82, 2.24) is 5.32 Å². The summed E-state index contributed by atoms with van der Waals surface area (Å²) in [4.78, 5) is 0. The Morgan fingerprint density at radius 1 is 1.11 bits per heavy atom. The third-order valence-corrected chi connectivity index (χ3v) is 2.74. The molecule has 5 heteroatoms. The number of hydrogen-bond acceptors (Lipinski definition) is 2. The van der Waals surface area contributed by atoms with Crippen LogP contribution in [0.5, 0.6) is 0 Å². The molecule has 1 heterocycles. The third-order valence-electron chi connectivity index (χ3n) is 2.74. The topological polar surface area (TPSA) is 25.2 Å². The van der Waals surface area contributed by atoms with Crippen LogP contribution in [0.15, 0.2) is 46.9 Å². The second-order valence-corrected chi connectivity index (χ2v) is 4.28. The molecule has 0 fully saturated rings. The highest BCUT2D eigenvalue weighted by Crippen LogP contribution is 2.32. The first-order valence-electron chi connectivity index (χ1n) is 5.87. The van der Waals surface area contributed by atoms with E-state index in [0.717, 1.165) is 0 Å². The molecule has 1 aromatic heterocycles. The van der Waals surface area contributed by atoms with Gasteiger partial charge in [-0.2, -0.15) is 13.2 Å². The van der Waals surface area contributed by atoms with Crippen molar-refractivity contribution in [3.8, 4) is 0 Å². The molecule has 1 atom stereocenters. The van der Waals surface area contributed by atoms with Gasteiger partial charge in [0.25, 0.3) is 0 Å². The molecule has 2 aromatic rings. The van der Waals surface area contributed by atoms with E-state index in [0.29, 0.717) is 11.5 Å². The highest BCUT2D eigenvalue weighted by Gasteiger charge is 2.40. The summed E-state index contributed by atoms with van der Waals surface area (Å²) in [5, 5.41) is 2.49. The number of hydrogen-bond donors (Lipinski definition) is 1. The van der Waals surface area contributed by atoms with Crippen LogP contribution in [0.25, 0.3) is 0 Å². The molecular weight excluding hydrogens is 255 g/mol. The maximum atomic E-state index is 13.0. The lowest BCUT2D eigenvalue weighted by atomic mass is 10.1. The van der Waals surface area contributed by atoms with Gasteiger partial charge in [0.1, 0.15) is 17.6 Å². The average molecular weight is 269 g/mol. The Morgan fingerprint density at radius 2 is 1.79 bits per heavy atom. The molecule has 0 bridgehead atoms. The first kappa shape index (κ1) is 13.7. The van der Waals surface area contributed by atoms with Crippen molar-refractivity contribution in [3.05, 3.63) is 59.5 Å². The summed E-state index contributed by atoms with van der Waals surface area (Å²) in [6, 6.07) is 9.48. The lowest BCUT2D eigenvalue weighted by Crippen LogP contribution is -2.33. The summed E-state index contributed by atoms with van der Waals surface area (Å²) in [5.74, 6) is 1.17. The lowest BCUT2D eigenvalue weighted by molar-refractivity contribution is -0.158.